The van der Waals surface area contributed by atoms with Crippen LogP contribution in [0.1, 0.15) is 28.8 Å². The summed E-state index contributed by atoms with van der Waals surface area (Å²) in [5, 5.41) is 27.7. The molecule has 8 heteroatoms. The quantitative estimate of drug-likeness (QED) is 0.531. The fourth-order valence-electron chi connectivity index (χ4n) is 4.66. The van der Waals surface area contributed by atoms with E-state index >= 15 is 0 Å². The number of aliphatic hydroxyl groups is 1. The molecule has 172 valence electrons. The molecule has 2 aromatic rings. The zero-order valence-electron chi connectivity index (χ0n) is 18.3. The number of phenols is 1. The Hall–Kier alpha value is -2.32. The SMILES string of the molecule is CNC(=O)c1ccc(O)cc1N1CC(NC2CCN(Cc3ccc(Cl)cc3)CC2)[C@H](O)C1. The van der Waals surface area contributed by atoms with E-state index in [1.54, 1.807) is 19.2 Å². The summed E-state index contributed by atoms with van der Waals surface area (Å²) in [6.45, 7) is 3.92. The van der Waals surface area contributed by atoms with Crippen molar-refractivity contribution < 1.29 is 15.0 Å². The number of hydrogen-bond acceptors (Lipinski definition) is 6. The van der Waals surface area contributed by atoms with E-state index < -0.39 is 6.10 Å². The number of anilines is 1. The molecule has 0 spiro atoms. The van der Waals surface area contributed by atoms with Gasteiger partial charge >= 0.3 is 0 Å². The Kier molecular flexibility index (Phi) is 7.20. The molecule has 2 heterocycles. The van der Waals surface area contributed by atoms with E-state index in [2.05, 4.69) is 27.7 Å². The fourth-order valence-corrected chi connectivity index (χ4v) is 4.79. The number of aromatic hydroxyl groups is 1. The van der Waals surface area contributed by atoms with E-state index in [1.807, 2.05) is 17.0 Å². The van der Waals surface area contributed by atoms with Crippen LogP contribution in [0.3, 0.4) is 0 Å². The van der Waals surface area contributed by atoms with Gasteiger partial charge in [-0.3, -0.25) is 9.69 Å². The maximum Gasteiger partial charge on any atom is 0.253 e. The summed E-state index contributed by atoms with van der Waals surface area (Å²) in [7, 11) is 1.58. The Balaban J connectivity index is 1.32. The van der Waals surface area contributed by atoms with Crippen LogP contribution in [0.2, 0.25) is 5.02 Å². The molecule has 0 saturated carbocycles. The van der Waals surface area contributed by atoms with E-state index in [9.17, 15) is 15.0 Å². The highest BCUT2D eigenvalue weighted by Crippen LogP contribution is 2.29. The Morgan fingerprint density at radius 1 is 1.12 bits per heavy atom. The van der Waals surface area contributed by atoms with Crippen LogP contribution >= 0.6 is 11.6 Å². The molecule has 0 aliphatic carbocycles. The molecule has 0 radical (unpaired) electrons. The number of nitrogens with one attached hydrogen (secondary N) is 2. The number of aliphatic hydroxyl groups excluding tert-OH is 1. The van der Waals surface area contributed by atoms with E-state index in [0.717, 1.165) is 37.5 Å². The van der Waals surface area contributed by atoms with Gasteiger partial charge in [-0.15, -0.1) is 0 Å². The molecule has 2 aliphatic rings. The van der Waals surface area contributed by atoms with Crippen molar-refractivity contribution in [3.05, 3.63) is 58.6 Å². The van der Waals surface area contributed by atoms with Gasteiger partial charge in [0.25, 0.3) is 5.91 Å². The Labute approximate surface area is 194 Å². The average molecular weight is 459 g/mol. The van der Waals surface area contributed by atoms with Gasteiger partial charge < -0.3 is 25.7 Å². The number of carbonyl (C=O) groups is 1. The van der Waals surface area contributed by atoms with E-state index in [0.29, 0.717) is 30.4 Å². The highest BCUT2D eigenvalue weighted by molar-refractivity contribution is 6.30. The van der Waals surface area contributed by atoms with Crippen molar-refractivity contribution >= 4 is 23.2 Å². The molecule has 2 saturated heterocycles. The first-order chi connectivity index (χ1) is 15.4. The fraction of sp³-hybridized carbons (Fsp3) is 0.458. The van der Waals surface area contributed by atoms with Crippen LogP contribution in [0.15, 0.2) is 42.5 Å². The second-order valence-electron chi connectivity index (χ2n) is 8.70. The number of piperidine rings is 1. The average Bonchev–Trinajstić information content (AvgIpc) is 3.16. The topological polar surface area (TPSA) is 88.1 Å². The second-order valence-corrected chi connectivity index (χ2v) is 9.14. The van der Waals surface area contributed by atoms with Crippen molar-refractivity contribution in [2.75, 3.05) is 38.1 Å². The van der Waals surface area contributed by atoms with Crippen LogP contribution in [0.5, 0.6) is 5.75 Å². The lowest BCUT2D eigenvalue weighted by atomic mass is 10.0. The minimum Gasteiger partial charge on any atom is -0.508 e. The maximum absolute atomic E-state index is 12.3. The second kappa shape index (κ2) is 10.1. The van der Waals surface area contributed by atoms with Crippen molar-refractivity contribution in [2.45, 2.75) is 37.6 Å². The highest BCUT2D eigenvalue weighted by atomic mass is 35.5. The largest absolute Gasteiger partial charge is 0.508 e. The van der Waals surface area contributed by atoms with Crippen molar-refractivity contribution in [2.24, 2.45) is 0 Å². The summed E-state index contributed by atoms with van der Waals surface area (Å²) in [5.41, 5.74) is 2.40. The molecule has 2 aliphatic heterocycles. The van der Waals surface area contributed by atoms with Crippen LogP contribution in [-0.2, 0) is 6.54 Å². The summed E-state index contributed by atoms with van der Waals surface area (Å²) in [4.78, 5) is 16.7. The zero-order chi connectivity index (χ0) is 22.7. The first kappa shape index (κ1) is 22.9. The summed E-state index contributed by atoms with van der Waals surface area (Å²) in [6, 6.07) is 13.0. The standard InChI is InChI=1S/C24H31ClN4O3/c1-26-24(32)20-7-6-19(30)12-22(20)29-14-21(23(31)15-29)27-18-8-10-28(11-9-18)13-16-2-4-17(25)5-3-16/h2-7,12,18,21,23,27,30-31H,8-11,13-15H2,1H3,(H,26,32)/t21?,23-/m1/s1. The smallest absolute Gasteiger partial charge is 0.253 e. The minimum absolute atomic E-state index is 0.0808. The summed E-state index contributed by atoms with van der Waals surface area (Å²) >= 11 is 5.98. The molecule has 32 heavy (non-hydrogen) atoms. The number of β-amino-alcohol motifs (C(OH)–C–C–N with tert-alkyl or cyclic N) is 1. The van der Waals surface area contributed by atoms with E-state index in [1.165, 1.54) is 11.6 Å². The molecular weight excluding hydrogens is 428 g/mol. The maximum atomic E-state index is 12.3. The van der Waals surface area contributed by atoms with Crippen LogP contribution in [0, 0.1) is 0 Å². The third kappa shape index (κ3) is 5.35. The van der Waals surface area contributed by atoms with Gasteiger partial charge in [-0.05, 0) is 55.8 Å². The van der Waals surface area contributed by atoms with Crippen molar-refractivity contribution in [3.63, 3.8) is 0 Å². The van der Waals surface area contributed by atoms with Gasteiger partial charge in [-0.25, -0.2) is 0 Å². The van der Waals surface area contributed by atoms with Crippen LogP contribution < -0.4 is 15.5 Å². The summed E-state index contributed by atoms with van der Waals surface area (Å²) in [6.07, 6.45) is 1.50. The highest BCUT2D eigenvalue weighted by Gasteiger charge is 2.35. The van der Waals surface area contributed by atoms with Crippen molar-refractivity contribution in [1.82, 2.24) is 15.5 Å². The van der Waals surface area contributed by atoms with Gasteiger partial charge in [0.05, 0.1) is 23.4 Å². The number of nitrogens with zero attached hydrogens (tertiary/aromatic N) is 2. The van der Waals surface area contributed by atoms with E-state index in [-0.39, 0.29) is 17.7 Å². The molecule has 2 aromatic carbocycles. The molecule has 4 N–H and O–H groups in total. The molecule has 4 rings (SSSR count). The molecule has 0 bridgehead atoms. The van der Waals surface area contributed by atoms with Crippen LogP contribution in [0.25, 0.3) is 0 Å². The van der Waals surface area contributed by atoms with Gasteiger partial charge in [-0.2, -0.15) is 0 Å². The lowest BCUT2D eigenvalue weighted by Crippen LogP contribution is -2.49. The molecule has 2 fully saturated rings. The van der Waals surface area contributed by atoms with Gasteiger partial charge in [-0.1, -0.05) is 23.7 Å². The van der Waals surface area contributed by atoms with Gasteiger partial charge in [0.1, 0.15) is 5.75 Å². The summed E-state index contributed by atoms with van der Waals surface area (Å²) < 4.78 is 0. The van der Waals surface area contributed by atoms with Gasteiger partial charge in [0.2, 0.25) is 0 Å². The number of carbonyl (C=O) groups excluding carboxylic acids is 1. The molecule has 1 unspecified atom stereocenters. The zero-order valence-corrected chi connectivity index (χ0v) is 19.1. The number of likely N-dealkylation sites (tertiary alicyclic amines) is 1. The van der Waals surface area contributed by atoms with Crippen LogP contribution in [0.4, 0.5) is 5.69 Å². The molecule has 0 aromatic heterocycles. The number of halogens is 1. The lowest BCUT2D eigenvalue weighted by molar-refractivity contribution is 0.0963. The summed E-state index contributed by atoms with van der Waals surface area (Å²) in [5.74, 6) is -0.106. The Morgan fingerprint density at radius 2 is 1.84 bits per heavy atom. The third-order valence-corrected chi connectivity index (χ3v) is 6.69. The third-order valence-electron chi connectivity index (χ3n) is 6.44. The first-order valence-corrected chi connectivity index (χ1v) is 11.5. The monoisotopic (exact) mass is 458 g/mol. The molecule has 2 atom stereocenters. The van der Waals surface area contributed by atoms with Gasteiger partial charge in [0, 0.05) is 43.8 Å². The first-order valence-electron chi connectivity index (χ1n) is 11.1. The number of hydrogen-bond donors (Lipinski definition) is 4. The minimum atomic E-state index is -0.540. The molecular formula is C24H31ClN4O3. The van der Waals surface area contributed by atoms with Crippen molar-refractivity contribution in [1.29, 1.82) is 0 Å². The predicted molar refractivity (Wildman–Crippen MR) is 126 cm³/mol. The molecule has 7 nitrogen and oxygen atoms in total. The normalized spacial score (nSPS) is 22.3. The number of phenolic OH excluding ortho intramolecular Hbond substituents is 1. The van der Waals surface area contributed by atoms with Gasteiger partial charge in [0.15, 0.2) is 0 Å². The molecule has 1 amide bonds. The van der Waals surface area contributed by atoms with Crippen LogP contribution in [-0.4, -0.2) is 72.4 Å². The Bertz CT molecular complexity index is 931. The van der Waals surface area contributed by atoms with Crippen molar-refractivity contribution in [3.8, 4) is 5.75 Å². The Morgan fingerprint density at radius 3 is 2.53 bits per heavy atom. The lowest BCUT2D eigenvalue weighted by Gasteiger charge is -2.34. The van der Waals surface area contributed by atoms with E-state index in [4.69, 9.17) is 11.6 Å². The number of rotatable bonds is 6. The predicted octanol–water partition coefficient (Wildman–Crippen LogP) is 2.21. The number of benzene rings is 2. The number of amides is 1.